The van der Waals surface area contributed by atoms with Crippen LogP contribution >= 0.6 is 0 Å². The molecule has 0 aliphatic carbocycles. The van der Waals surface area contributed by atoms with Crippen molar-refractivity contribution in [2.24, 2.45) is 0 Å². The molecule has 0 aromatic heterocycles. The maximum atomic E-state index is 12.3. The number of rotatable bonds is 7. The van der Waals surface area contributed by atoms with Crippen LogP contribution < -0.4 is 10.0 Å². The lowest BCUT2D eigenvalue weighted by Gasteiger charge is -2.26. The van der Waals surface area contributed by atoms with E-state index in [1.54, 1.807) is 12.1 Å². The highest BCUT2D eigenvalue weighted by Crippen LogP contribution is 2.10. The van der Waals surface area contributed by atoms with Crippen LogP contribution in [-0.4, -0.2) is 64.7 Å². The van der Waals surface area contributed by atoms with E-state index in [2.05, 4.69) is 14.9 Å². The predicted octanol–water partition coefficient (Wildman–Crippen LogP) is 0.110. The fourth-order valence-corrected chi connectivity index (χ4v) is 3.59. The minimum Gasteiger partial charge on any atom is -0.379 e. The molecule has 1 aromatic carbocycles. The highest BCUT2D eigenvalue weighted by atomic mass is 32.2. The van der Waals surface area contributed by atoms with Gasteiger partial charge in [0.25, 0.3) is 0 Å². The van der Waals surface area contributed by atoms with Gasteiger partial charge in [0.1, 0.15) is 0 Å². The summed E-state index contributed by atoms with van der Waals surface area (Å²) in [6.07, 6.45) is 0. The lowest BCUT2D eigenvalue weighted by molar-refractivity contribution is -0.122. The predicted molar refractivity (Wildman–Crippen MR) is 91.2 cm³/mol. The smallest absolute Gasteiger partial charge is 0.241 e. The van der Waals surface area contributed by atoms with E-state index < -0.39 is 16.1 Å². The van der Waals surface area contributed by atoms with Crippen molar-refractivity contribution in [1.29, 1.82) is 0 Å². The van der Waals surface area contributed by atoms with Gasteiger partial charge >= 0.3 is 0 Å². The second-order valence-electron chi connectivity index (χ2n) is 5.90. The Hall–Kier alpha value is -1.48. The Morgan fingerprint density at radius 1 is 1.25 bits per heavy atom. The van der Waals surface area contributed by atoms with Crippen LogP contribution in [0.25, 0.3) is 0 Å². The van der Waals surface area contributed by atoms with Gasteiger partial charge < -0.3 is 10.1 Å². The van der Waals surface area contributed by atoms with Gasteiger partial charge in [-0.2, -0.15) is 4.72 Å². The van der Waals surface area contributed by atoms with Gasteiger partial charge in [-0.3, -0.25) is 9.69 Å². The van der Waals surface area contributed by atoms with E-state index in [0.29, 0.717) is 19.8 Å². The molecule has 1 fully saturated rings. The minimum absolute atomic E-state index is 0.154. The van der Waals surface area contributed by atoms with E-state index in [4.69, 9.17) is 4.74 Å². The van der Waals surface area contributed by atoms with Crippen LogP contribution in [0.3, 0.4) is 0 Å². The number of sulfonamides is 1. The van der Waals surface area contributed by atoms with Gasteiger partial charge in [-0.1, -0.05) is 17.7 Å². The first kappa shape index (κ1) is 18.9. The van der Waals surface area contributed by atoms with E-state index in [-0.39, 0.29) is 10.8 Å². The number of aryl methyl sites for hydroxylation is 1. The molecule has 1 aromatic rings. The van der Waals surface area contributed by atoms with Gasteiger partial charge in [0, 0.05) is 26.2 Å². The van der Waals surface area contributed by atoms with E-state index >= 15 is 0 Å². The standard InChI is InChI=1S/C16H25N3O4S/c1-13-3-5-15(6-4-13)24(21,22)18-14(2)16(20)17-7-8-19-9-11-23-12-10-19/h3-6,14,18H,7-12H2,1-2H3,(H,17,20)/t14-/m1/s1. The largest absolute Gasteiger partial charge is 0.379 e. The quantitative estimate of drug-likeness (QED) is 0.725. The second kappa shape index (κ2) is 8.57. The topological polar surface area (TPSA) is 87.7 Å². The molecule has 1 aliphatic heterocycles. The third-order valence-electron chi connectivity index (χ3n) is 3.89. The minimum atomic E-state index is -3.70. The van der Waals surface area contributed by atoms with Crippen molar-refractivity contribution in [3.8, 4) is 0 Å². The molecule has 7 nitrogen and oxygen atoms in total. The number of benzene rings is 1. The Morgan fingerprint density at radius 2 is 1.88 bits per heavy atom. The number of nitrogens with one attached hydrogen (secondary N) is 2. The molecule has 0 bridgehead atoms. The number of hydrogen-bond donors (Lipinski definition) is 2. The number of carbonyl (C=O) groups is 1. The van der Waals surface area contributed by atoms with E-state index in [1.165, 1.54) is 19.1 Å². The summed E-state index contributed by atoms with van der Waals surface area (Å²) in [5.74, 6) is -0.334. The first-order chi connectivity index (χ1) is 11.4. The molecule has 1 heterocycles. The zero-order chi connectivity index (χ0) is 17.6. The molecule has 2 N–H and O–H groups in total. The van der Waals surface area contributed by atoms with E-state index in [1.807, 2.05) is 6.92 Å². The Balaban J connectivity index is 1.80. The molecule has 0 unspecified atom stereocenters. The Labute approximate surface area is 143 Å². The molecule has 2 rings (SSSR count). The molecule has 24 heavy (non-hydrogen) atoms. The van der Waals surface area contributed by atoms with Gasteiger partial charge in [-0.25, -0.2) is 8.42 Å². The van der Waals surface area contributed by atoms with Gasteiger partial charge in [0.15, 0.2) is 0 Å². The van der Waals surface area contributed by atoms with Crippen molar-refractivity contribution < 1.29 is 17.9 Å². The van der Waals surface area contributed by atoms with Crippen LogP contribution in [0, 0.1) is 6.92 Å². The third kappa shape index (κ3) is 5.55. The summed E-state index contributed by atoms with van der Waals surface area (Å²) < 4.78 is 32.2. The summed E-state index contributed by atoms with van der Waals surface area (Å²) in [7, 11) is -3.70. The first-order valence-electron chi connectivity index (χ1n) is 8.05. The Kier molecular flexibility index (Phi) is 6.73. The van der Waals surface area contributed by atoms with Gasteiger partial charge in [-0.15, -0.1) is 0 Å². The average Bonchev–Trinajstić information content (AvgIpc) is 2.55. The summed E-state index contributed by atoms with van der Waals surface area (Å²) in [5, 5.41) is 2.76. The van der Waals surface area contributed by atoms with Crippen molar-refractivity contribution in [2.75, 3.05) is 39.4 Å². The number of hydrogen-bond acceptors (Lipinski definition) is 5. The van der Waals surface area contributed by atoms with Crippen LogP contribution in [-0.2, 0) is 19.6 Å². The maximum absolute atomic E-state index is 12.3. The summed E-state index contributed by atoms with van der Waals surface area (Å²) in [6, 6.07) is 5.67. The molecular formula is C16H25N3O4S. The molecule has 134 valence electrons. The molecule has 8 heteroatoms. The molecule has 0 radical (unpaired) electrons. The number of ether oxygens (including phenoxy) is 1. The van der Waals surface area contributed by atoms with Crippen molar-refractivity contribution in [1.82, 2.24) is 14.9 Å². The average molecular weight is 355 g/mol. The Morgan fingerprint density at radius 3 is 2.50 bits per heavy atom. The third-order valence-corrected chi connectivity index (χ3v) is 5.44. The molecular weight excluding hydrogens is 330 g/mol. The highest BCUT2D eigenvalue weighted by Gasteiger charge is 2.22. The van der Waals surface area contributed by atoms with Crippen LogP contribution in [0.2, 0.25) is 0 Å². The van der Waals surface area contributed by atoms with E-state index in [0.717, 1.165) is 25.2 Å². The fourth-order valence-electron chi connectivity index (χ4n) is 2.39. The van der Waals surface area contributed by atoms with Crippen molar-refractivity contribution in [2.45, 2.75) is 24.8 Å². The van der Waals surface area contributed by atoms with Crippen molar-refractivity contribution in [3.63, 3.8) is 0 Å². The number of nitrogens with zero attached hydrogens (tertiary/aromatic N) is 1. The lowest BCUT2D eigenvalue weighted by Crippen LogP contribution is -2.47. The van der Waals surface area contributed by atoms with Crippen LogP contribution in [0.5, 0.6) is 0 Å². The molecule has 1 saturated heterocycles. The Bertz CT molecular complexity index is 640. The fraction of sp³-hybridized carbons (Fsp3) is 0.562. The normalized spacial score (nSPS) is 17.4. The first-order valence-corrected chi connectivity index (χ1v) is 9.53. The highest BCUT2D eigenvalue weighted by molar-refractivity contribution is 7.89. The summed E-state index contributed by atoms with van der Waals surface area (Å²) in [4.78, 5) is 14.4. The number of carbonyl (C=O) groups excluding carboxylic acids is 1. The SMILES string of the molecule is Cc1ccc(S(=O)(=O)N[C@H](C)C(=O)NCCN2CCOCC2)cc1. The van der Waals surface area contributed by atoms with Crippen LogP contribution in [0.4, 0.5) is 0 Å². The van der Waals surface area contributed by atoms with Crippen LogP contribution in [0.1, 0.15) is 12.5 Å². The zero-order valence-corrected chi connectivity index (χ0v) is 14.9. The van der Waals surface area contributed by atoms with Crippen LogP contribution in [0.15, 0.2) is 29.2 Å². The molecule has 1 amide bonds. The summed E-state index contributed by atoms with van der Waals surface area (Å²) >= 11 is 0. The summed E-state index contributed by atoms with van der Waals surface area (Å²) in [6.45, 7) is 7.75. The summed E-state index contributed by atoms with van der Waals surface area (Å²) in [5.41, 5.74) is 0.975. The second-order valence-corrected chi connectivity index (χ2v) is 7.62. The molecule has 0 saturated carbocycles. The van der Waals surface area contributed by atoms with Gasteiger partial charge in [0.05, 0.1) is 24.2 Å². The van der Waals surface area contributed by atoms with Crippen molar-refractivity contribution in [3.05, 3.63) is 29.8 Å². The van der Waals surface area contributed by atoms with Crippen molar-refractivity contribution >= 4 is 15.9 Å². The molecule has 0 spiro atoms. The van der Waals surface area contributed by atoms with Gasteiger partial charge in [-0.05, 0) is 26.0 Å². The molecule has 1 atom stereocenters. The maximum Gasteiger partial charge on any atom is 0.241 e. The number of amides is 1. The monoisotopic (exact) mass is 355 g/mol. The van der Waals surface area contributed by atoms with E-state index in [9.17, 15) is 13.2 Å². The van der Waals surface area contributed by atoms with Gasteiger partial charge in [0.2, 0.25) is 15.9 Å². The lowest BCUT2D eigenvalue weighted by atomic mass is 10.2. The zero-order valence-electron chi connectivity index (χ0n) is 14.1. The number of morpholine rings is 1. The molecule has 1 aliphatic rings.